The second-order valence-corrected chi connectivity index (χ2v) is 6.65. The molecule has 0 fully saturated rings. The Morgan fingerprint density at radius 3 is 2.59 bits per heavy atom. The van der Waals surface area contributed by atoms with E-state index in [1.807, 2.05) is 19.1 Å². The molecule has 0 spiro atoms. The first-order valence-electron chi connectivity index (χ1n) is 7.06. The molecule has 2 aromatic rings. The molecule has 0 amide bonds. The Kier molecular flexibility index (Phi) is 5.15. The smallest absolute Gasteiger partial charge is 0.241 e. The van der Waals surface area contributed by atoms with Crippen molar-refractivity contribution in [2.75, 3.05) is 7.11 Å². The van der Waals surface area contributed by atoms with Crippen LogP contribution in [0.3, 0.4) is 0 Å². The molecule has 0 aliphatic carbocycles. The summed E-state index contributed by atoms with van der Waals surface area (Å²) in [4.78, 5) is 4.48. The predicted octanol–water partition coefficient (Wildman–Crippen LogP) is 2.83. The van der Waals surface area contributed by atoms with Crippen LogP contribution in [0, 0.1) is 6.92 Å². The molecule has 118 valence electrons. The van der Waals surface area contributed by atoms with E-state index in [4.69, 9.17) is 4.74 Å². The van der Waals surface area contributed by atoms with Crippen LogP contribution in [-0.2, 0) is 10.0 Å². The molecule has 0 saturated heterocycles. The maximum Gasteiger partial charge on any atom is 0.241 e. The van der Waals surface area contributed by atoms with Gasteiger partial charge in [0.15, 0.2) is 0 Å². The second-order valence-electron chi connectivity index (χ2n) is 4.97. The molecule has 2 rings (SSSR count). The molecule has 0 bridgehead atoms. The largest absolute Gasteiger partial charge is 0.497 e. The molecule has 22 heavy (non-hydrogen) atoms. The van der Waals surface area contributed by atoms with Crippen molar-refractivity contribution in [2.24, 2.45) is 0 Å². The fraction of sp³-hybridized carbons (Fsp3) is 0.312. The summed E-state index contributed by atoms with van der Waals surface area (Å²) in [6, 6.07) is 10.0. The van der Waals surface area contributed by atoms with Gasteiger partial charge in [-0.15, -0.1) is 0 Å². The van der Waals surface area contributed by atoms with Crippen LogP contribution in [0.5, 0.6) is 5.75 Å². The number of benzene rings is 1. The lowest BCUT2D eigenvalue weighted by Crippen LogP contribution is -2.29. The van der Waals surface area contributed by atoms with E-state index < -0.39 is 10.0 Å². The minimum absolute atomic E-state index is 0.252. The van der Waals surface area contributed by atoms with Crippen molar-refractivity contribution in [3.63, 3.8) is 0 Å². The number of rotatable bonds is 6. The zero-order valence-electron chi connectivity index (χ0n) is 12.9. The fourth-order valence-electron chi connectivity index (χ4n) is 2.24. The third-order valence-electron chi connectivity index (χ3n) is 3.42. The minimum atomic E-state index is -3.62. The molecule has 5 nitrogen and oxygen atoms in total. The van der Waals surface area contributed by atoms with Gasteiger partial charge in [0.25, 0.3) is 0 Å². The fourth-order valence-corrected chi connectivity index (χ4v) is 3.76. The molecule has 1 N–H and O–H groups in total. The highest BCUT2D eigenvalue weighted by Crippen LogP contribution is 2.23. The first-order valence-corrected chi connectivity index (χ1v) is 8.54. The summed E-state index contributed by atoms with van der Waals surface area (Å²) in [5.74, 6) is 0.633. The average Bonchev–Trinajstić information content (AvgIpc) is 2.53. The first kappa shape index (κ1) is 16.5. The lowest BCUT2D eigenvalue weighted by atomic mass is 10.1. The van der Waals surface area contributed by atoms with Gasteiger partial charge in [0.2, 0.25) is 10.0 Å². The molecule has 1 aromatic heterocycles. The summed E-state index contributed by atoms with van der Waals surface area (Å²) in [6.07, 6.45) is 2.27. The van der Waals surface area contributed by atoms with Crippen LogP contribution in [0.15, 0.2) is 47.5 Å². The maximum atomic E-state index is 12.6. The van der Waals surface area contributed by atoms with Gasteiger partial charge in [-0.2, -0.15) is 0 Å². The van der Waals surface area contributed by atoms with Crippen molar-refractivity contribution in [2.45, 2.75) is 31.2 Å². The van der Waals surface area contributed by atoms with Gasteiger partial charge in [0.1, 0.15) is 5.75 Å². The maximum absolute atomic E-state index is 12.6. The Hall–Kier alpha value is -1.92. The van der Waals surface area contributed by atoms with E-state index in [1.54, 1.807) is 44.5 Å². The Balaban J connectivity index is 2.30. The minimum Gasteiger partial charge on any atom is -0.497 e. The van der Waals surface area contributed by atoms with E-state index in [-0.39, 0.29) is 10.9 Å². The van der Waals surface area contributed by atoms with Crippen molar-refractivity contribution in [3.05, 3.63) is 53.9 Å². The number of aromatic nitrogens is 1. The number of methoxy groups -OCH3 is 1. The van der Waals surface area contributed by atoms with Crippen molar-refractivity contribution < 1.29 is 13.2 Å². The van der Waals surface area contributed by atoms with Crippen LogP contribution >= 0.6 is 0 Å². The number of aryl methyl sites for hydroxylation is 1. The monoisotopic (exact) mass is 320 g/mol. The normalized spacial score (nSPS) is 12.9. The molecule has 0 saturated carbocycles. The lowest BCUT2D eigenvalue weighted by Gasteiger charge is -2.17. The van der Waals surface area contributed by atoms with Crippen LogP contribution in [0.4, 0.5) is 0 Å². The topological polar surface area (TPSA) is 68.3 Å². The highest BCUT2D eigenvalue weighted by Gasteiger charge is 2.22. The van der Waals surface area contributed by atoms with E-state index in [9.17, 15) is 8.42 Å². The van der Waals surface area contributed by atoms with Gasteiger partial charge in [-0.3, -0.25) is 4.98 Å². The molecule has 0 unspecified atom stereocenters. The third-order valence-corrected chi connectivity index (χ3v) is 5.05. The highest BCUT2D eigenvalue weighted by molar-refractivity contribution is 7.89. The van der Waals surface area contributed by atoms with Gasteiger partial charge in [0, 0.05) is 6.20 Å². The molecule has 0 radical (unpaired) electrons. The summed E-state index contributed by atoms with van der Waals surface area (Å²) in [7, 11) is -2.07. The summed E-state index contributed by atoms with van der Waals surface area (Å²) < 4.78 is 33.1. The Bertz CT molecular complexity index is 730. The van der Waals surface area contributed by atoms with Crippen LogP contribution < -0.4 is 9.46 Å². The SMILES string of the molecule is CC[C@@H](NS(=O)(=O)c1ccc(OC)cc1C)c1ccccn1. The molecule has 0 aliphatic rings. The third kappa shape index (κ3) is 3.64. The van der Waals surface area contributed by atoms with Crippen molar-refractivity contribution in [1.29, 1.82) is 0 Å². The number of hydrogen-bond acceptors (Lipinski definition) is 4. The van der Waals surface area contributed by atoms with Gasteiger partial charge < -0.3 is 4.74 Å². The number of sulfonamides is 1. The van der Waals surface area contributed by atoms with E-state index in [0.717, 1.165) is 0 Å². The molecular formula is C16H20N2O3S. The summed E-state index contributed by atoms with van der Waals surface area (Å²) in [5, 5.41) is 0. The molecule has 1 heterocycles. The summed E-state index contributed by atoms with van der Waals surface area (Å²) in [6.45, 7) is 3.67. The average molecular weight is 320 g/mol. The summed E-state index contributed by atoms with van der Waals surface area (Å²) >= 11 is 0. The van der Waals surface area contributed by atoms with Crippen LogP contribution in [0.25, 0.3) is 0 Å². The number of hydrogen-bond donors (Lipinski definition) is 1. The summed E-state index contributed by atoms with van der Waals surface area (Å²) in [5.41, 5.74) is 1.35. The van der Waals surface area contributed by atoms with Gasteiger partial charge in [-0.25, -0.2) is 13.1 Å². The van der Waals surface area contributed by atoms with Gasteiger partial charge >= 0.3 is 0 Å². The van der Waals surface area contributed by atoms with Gasteiger partial charge in [-0.1, -0.05) is 13.0 Å². The van der Waals surface area contributed by atoms with Crippen molar-refractivity contribution >= 4 is 10.0 Å². The number of pyridine rings is 1. The Morgan fingerprint density at radius 1 is 1.27 bits per heavy atom. The lowest BCUT2D eigenvalue weighted by molar-refractivity contribution is 0.414. The Labute approximate surface area is 131 Å². The zero-order valence-corrected chi connectivity index (χ0v) is 13.7. The van der Waals surface area contributed by atoms with Gasteiger partial charge in [0.05, 0.1) is 23.7 Å². The standard InChI is InChI=1S/C16H20N2O3S/c1-4-14(15-7-5-6-10-17-15)18-22(19,20)16-9-8-13(21-3)11-12(16)2/h5-11,14,18H,4H2,1-3H3/t14-/m1/s1. The van der Waals surface area contributed by atoms with E-state index in [0.29, 0.717) is 23.4 Å². The zero-order chi connectivity index (χ0) is 16.2. The van der Waals surface area contributed by atoms with Crippen LogP contribution in [0.1, 0.15) is 30.6 Å². The molecule has 6 heteroatoms. The van der Waals surface area contributed by atoms with E-state index in [2.05, 4.69) is 9.71 Å². The number of ether oxygens (including phenoxy) is 1. The second kappa shape index (κ2) is 6.89. The molecular weight excluding hydrogens is 300 g/mol. The van der Waals surface area contributed by atoms with Crippen molar-refractivity contribution in [1.82, 2.24) is 9.71 Å². The van der Waals surface area contributed by atoms with E-state index in [1.165, 1.54) is 0 Å². The molecule has 1 aromatic carbocycles. The Morgan fingerprint density at radius 2 is 2.05 bits per heavy atom. The molecule has 0 aliphatic heterocycles. The predicted molar refractivity (Wildman–Crippen MR) is 85.3 cm³/mol. The van der Waals surface area contributed by atoms with Crippen LogP contribution in [-0.4, -0.2) is 20.5 Å². The molecule has 1 atom stereocenters. The quantitative estimate of drug-likeness (QED) is 0.888. The number of nitrogens with zero attached hydrogens (tertiary/aromatic N) is 1. The van der Waals surface area contributed by atoms with E-state index >= 15 is 0 Å². The van der Waals surface area contributed by atoms with Gasteiger partial charge in [-0.05, 0) is 49.2 Å². The number of nitrogens with one attached hydrogen (secondary N) is 1. The highest BCUT2D eigenvalue weighted by atomic mass is 32.2. The van der Waals surface area contributed by atoms with Crippen molar-refractivity contribution in [3.8, 4) is 5.75 Å². The van der Waals surface area contributed by atoms with Crippen LogP contribution in [0.2, 0.25) is 0 Å². The first-order chi connectivity index (χ1) is 10.5.